The van der Waals surface area contributed by atoms with Crippen molar-refractivity contribution in [3.05, 3.63) is 71.2 Å². The summed E-state index contributed by atoms with van der Waals surface area (Å²) < 4.78 is 0. The number of fused-ring (bicyclic) bond motifs is 1. The molecule has 0 heteroatoms. The third kappa shape index (κ3) is 2.31. The topological polar surface area (TPSA) is 0 Å². The zero-order valence-electron chi connectivity index (χ0n) is 10.5. The number of hydrogen-bond acceptors (Lipinski definition) is 0. The molecule has 1 aromatic rings. The minimum atomic E-state index is 0.472. The van der Waals surface area contributed by atoms with Crippen LogP contribution >= 0.6 is 0 Å². The van der Waals surface area contributed by atoms with Crippen molar-refractivity contribution in [2.75, 3.05) is 0 Å². The normalized spacial score (nSPS) is 21.4. The molecular formula is C17H18. The highest BCUT2D eigenvalue weighted by Gasteiger charge is 2.12. The first-order valence-corrected chi connectivity index (χ1v) is 6.01. The molecule has 0 saturated carbocycles. The average molecular weight is 222 g/mol. The van der Waals surface area contributed by atoms with Crippen LogP contribution in [-0.4, -0.2) is 0 Å². The van der Waals surface area contributed by atoms with Crippen molar-refractivity contribution in [1.82, 2.24) is 0 Å². The van der Waals surface area contributed by atoms with Crippen molar-refractivity contribution in [3.8, 4) is 0 Å². The first kappa shape index (κ1) is 11.7. The molecular weight excluding hydrogens is 204 g/mol. The van der Waals surface area contributed by atoms with E-state index in [0.29, 0.717) is 5.92 Å². The lowest BCUT2D eigenvalue weighted by Gasteiger charge is -2.17. The van der Waals surface area contributed by atoms with Crippen LogP contribution in [0.15, 0.2) is 60.7 Å². The fraction of sp³-hybridized carbons (Fsp3) is 0.176. The zero-order valence-corrected chi connectivity index (χ0v) is 10.5. The van der Waals surface area contributed by atoms with Crippen LogP contribution in [-0.2, 0) is 0 Å². The second-order valence-corrected chi connectivity index (χ2v) is 4.41. The molecule has 1 unspecified atom stereocenters. The minimum Gasteiger partial charge on any atom is -0.0991 e. The van der Waals surface area contributed by atoms with Crippen molar-refractivity contribution in [3.63, 3.8) is 0 Å². The van der Waals surface area contributed by atoms with Gasteiger partial charge in [-0.25, -0.2) is 0 Å². The molecule has 0 saturated heterocycles. The van der Waals surface area contributed by atoms with Crippen LogP contribution in [0.3, 0.4) is 0 Å². The molecule has 0 aromatic heterocycles. The molecule has 0 heterocycles. The van der Waals surface area contributed by atoms with E-state index in [-0.39, 0.29) is 0 Å². The average Bonchev–Trinajstić information content (AvgIpc) is 2.33. The fourth-order valence-corrected chi connectivity index (χ4v) is 2.35. The number of rotatable bonds is 2. The van der Waals surface area contributed by atoms with Gasteiger partial charge in [-0.05, 0) is 28.5 Å². The fourth-order valence-electron chi connectivity index (χ4n) is 2.35. The maximum Gasteiger partial charge on any atom is 0.000161 e. The number of hydrogen-bond donors (Lipinski definition) is 0. The van der Waals surface area contributed by atoms with E-state index in [9.17, 15) is 0 Å². The molecule has 0 nitrogen and oxygen atoms in total. The van der Waals surface area contributed by atoms with Gasteiger partial charge in [0.15, 0.2) is 0 Å². The summed E-state index contributed by atoms with van der Waals surface area (Å²) in [6.45, 7) is 8.13. The minimum absolute atomic E-state index is 0.472. The van der Waals surface area contributed by atoms with Crippen molar-refractivity contribution in [2.24, 2.45) is 5.92 Å². The Morgan fingerprint density at radius 3 is 2.71 bits per heavy atom. The Balaban J connectivity index is 2.61. The van der Waals surface area contributed by atoms with Crippen molar-refractivity contribution < 1.29 is 0 Å². The van der Waals surface area contributed by atoms with Gasteiger partial charge in [-0.15, -0.1) is 0 Å². The lowest BCUT2D eigenvalue weighted by Crippen LogP contribution is -2.31. The Bertz CT molecular complexity index is 597. The first-order valence-electron chi connectivity index (χ1n) is 6.01. The zero-order chi connectivity index (χ0) is 12.3. The highest BCUT2D eigenvalue weighted by Crippen LogP contribution is 2.22. The van der Waals surface area contributed by atoms with Gasteiger partial charge in [0.25, 0.3) is 0 Å². The largest absolute Gasteiger partial charge is 0.0991 e. The van der Waals surface area contributed by atoms with E-state index < -0.39 is 0 Å². The van der Waals surface area contributed by atoms with Gasteiger partial charge in [0.05, 0.1) is 0 Å². The Kier molecular flexibility index (Phi) is 3.43. The van der Waals surface area contributed by atoms with Crippen molar-refractivity contribution >= 4 is 11.6 Å². The molecule has 86 valence electrons. The van der Waals surface area contributed by atoms with Gasteiger partial charge in [-0.1, -0.05) is 68.1 Å². The van der Waals surface area contributed by atoms with Crippen LogP contribution < -0.4 is 10.4 Å². The van der Waals surface area contributed by atoms with E-state index >= 15 is 0 Å². The van der Waals surface area contributed by atoms with E-state index in [4.69, 9.17) is 0 Å². The summed E-state index contributed by atoms with van der Waals surface area (Å²) in [5, 5.41) is 2.70. The van der Waals surface area contributed by atoms with E-state index in [0.717, 1.165) is 0 Å². The SMILES string of the molecule is C=C/C=C\C=C1\C(C)=c2ccccc2=CC1C. The smallest absolute Gasteiger partial charge is 0.000161 e. The van der Waals surface area contributed by atoms with E-state index in [1.807, 2.05) is 6.08 Å². The van der Waals surface area contributed by atoms with Crippen LogP contribution in [0.1, 0.15) is 13.8 Å². The molecule has 0 amide bonds. The number of allylic oxidation sites excluding steroid dienone is 5. The maximum absolute atomic E-state index is 3.69. The molecule has 1 atom stereocenters. The third-order valence-electron chi connectivity index (χ3n) is 3.24. The van der Waals surface area contributed by atoms with E-state index in [2.05, 4.69) is 62.9 Å². The standard InChI is InChI=1S/C17H18/c1-4-5-6-10-16-13(2)12-15-9-7-8-11-17(15)14(16)3/h4-13H,1H2,2-3H3/b6-5-,16-10+. The van der Waals surface area contributed by atoms with Crippen molar-refractivity contribution in [2.45, 2.75) is 13.8 Å². The Morgan fingerprint density at radius 2 is 1.94 bits per heavy atom. The van der Waals surface area contributed by atoms with Gasteiger partial charge < -0.3 is 0 Å². The quantitative estimate of drug-likeness (QED) is 0.675. The molecule has 1 aromatic carbocycles. The van der Waals surface area contributed by atoms with Gasteiger partial charge in [-0.2, -0.15) is 0 Å². The predicted octanol–water partition coefficient (Wildman–Crippen LogP) is 2.96. The highest BCUT2D eigenvalue weighted by atomic mass is 14.2. The molecule has 1 aliphatic rings. The van der Waals surface area contributed by atoms with Crippen LogP contribution in [0.4, 0.5) is 0 Å². The first-order chi connectivity index (χ1) is 8.24. The molecule has 2 rings (SSSR count). The summed E-state index contributed by atoms with van der Waals surface area (Å²) in [6, 6.07) is 8.58. The molecule has 0 fully saturated rings. The molecule has 17 heavy (non-hydrogen) atoms. The summed E-state index contributed by atoms with van der Waals surface area (Å²) in [5.41, 5.74) is 2.77. The summed E-state index contributed by atoms with van der Waals surface area (Å²) in [7, 11) is 0. The summed E-state index contributed by atoms with van der Waals surface area (Å²) in [6.07, 6.45) is 10.3. The summed E-state index contributed by atoms with van der Waals surface area (Å²) in [5.74, 6) is 0.472. The molecule has 1 aliphatic carbocycles. The molecule has 0 radical (unpaired) electrons. The lowest BCUT2D eigenvalue weighted by molar-refractivity contribution is 0.931. The van der Waals surface area contributed by atoms with Crippen molar-refractivity contribution in [1.29, 1.82) is 0 Å². The Hall–Kier alpha value is -1.82. The van der Waals surface area contributed by atoms with Crippen LogP contribution in [0.25, 0.3) is 11.6 Å². The predicted molar refractivity (Wildman–Crippen MR) is 75.8 cm³/mol. The van der Waals surface area contributed by atoms with Gasteiger partial charge in [0, 0.05) is 5.92 Å². The summed E-state index contributed by atoms with van der Waals surface area (Å²) >= 11 is 0. The van der Waals surface area contributed by atoms with Crippen LogP contribution in [0.2, 0.25) is 0 Å². The van der Waals surface area contributed by atoms with E-state index in [1.165, 1.54) is 21.6 Å². The lowest BCUT2D eigenvalue weighted by atomic mass is 9.87. The Morgan fingerprint density at radius 1 is 1.18 bits per heavy atom. The second-order valence-electron chi connectivity index (χ2n) is 4.41. The monoisotopic (exact) mass is 222 g/mol. The van der Waals surface area contributed by atoms with Gasteiger partial charge in [0.2, 0.25) is 0 Å². The van der Waals surface area contributed by atoms with Gasteiger partial charge in [0.1, 0.15) is 0 Å². The van der Waals surface area contributed by atoms with Crippen LogP contribution in [0.5, 0.6) is 0 Å². The maximum atomic E-state index is 3.69. The third-order valence-corrected chi connectivity index (χ3v) is 3.24. The Labute approximate surface area is 103 Å². The van der Waals surface area contributed by atoms with Gasteiger partial charge in [-0.3, -0.25) is 0 Å². The van der Waals surface area contributed by atoms with Gasteiger partial charge >= 0.3 is 0 Å². The number of benzene rings is 1. The second kappa shape index (κ2) is 5.01. The highest BCUT2D eigenvalue weighted by molar-refractivity contribution is 5.69. The molecule has 0 bridgehead atoms. The molecule has 0 aliphatic heterocycles. The van der Waals surface area contributed by atoms with E-state index in [1.54, 1.807) is 6.08 Å². The molecule has 0 N–H and O–H groups in total. The van der Waals surface area contributed by atoms with Crippen LogP contribution in [0, 0.1) is 5.92 Å². The summed E-state index contributed by atoms with van der Waals surface area (Å²) in [4.78, 5) is 0. The molecule has 0 spiro atoms.